The number of phenols is 4. The first-order chi connectivity index (χ1) is 42.1. The lowest BCUT2D eigenvalue weighted by Gasteiger charge is -2.10. The fourth-order valence-corrected chi connectivity index (χ4v) is 12.6. The van der Waals surface area contributed by atoms with Crippen LogP contribution in [0.2, 0.25) is 0 Å². The number of hydrogen-bond acceptors (Lipinski definition) is 24. The van der Waals surface area contributed by atoms with E-state index in [1.807, 2.05) is 48.5 Å². The molecule has 4 aliphatic rings. The predicted molar refractivity (Wildman–Crippen MR) is 364 cm³/mol. The quantitative estimate of drug-likeness (QED) is 0.0332. The number of aliphatic imine (C=N–C) groups is 4. The molecule has 20 nitrogen and oxygen atoms in total. The lowest BCUT2D eigenvalue weighted by Crippen LogP contribution is -2.15. The Labute approximate surface area is 544 Å². The number of hydrogen-bond donors (Lipinski definition) is 4. The van der Waals surface area contributed by atoms with Gasteiger partial charge in [-0.25, -0.2) is 0 Å². The van der Waals surface area contributed by atoms with Crippen LogP contribution in [0.25, 0.3) is 0 Å². The first kappa shape index (κ1) is 76.5. The Kier molecular flexibility index (Phi) is 33.9. The first-order valence-electron chi connectivity index (χ1n) is 29.1. The molecule has 0 saturated carbocycles. The molecule has 4 aromatic rings. The molecule has 0 bridgehead atoms. The molecule has 4 heterocycles. The van der Waals surface area contributed by atoms with Crippen molar-refractivity contribution >= 4 is 67.2 Å². The molecule has 4 aromatic carbocycles. The minimum absolute atomic E-state index is 0. The summed E-state index contributed by atoms with van der Waals surface area (Å²) < 4.78 is 63.0. The molecule has 89 heavy (non-hydrogen) atoms. The Morgan fingerprint density at radius 2 is 0.506 bits per heavy atom. The molecular formula is C65H96N4O16S4. The van der Waals surface area contributed by atoms with E-state index in [2.05, 4.69) is 75.4 Å². The van der Waals surface area contributed by atoms with Crippen molar-refractivity contribution in [3.8, 4) is 46.0 Å². The molecule has 0 fully saturated rings. The second kappa shape index (κ2) is 39.4. The van der Waals surface area contributed by atoms with Gasteiger partial charge in [0.1, 0.15) is 92.6 Å². The van der Waals surface area contributed by atoms with Crippen molar-refractivity contribution < 1.29 is 77.3 Å². The molecule has 0 unspecified atom stereocenters. The zero-order chi connectivity index (χ0) is 64.0. The van der Waals surface area contributed by atoms with Gasteiger partial charge in [-0.1, -0.05) is 7.43 Å². The standard InChI is InChI=1S/4C16H23NO4S.CH4/c4*1-16(2)11-22-15(17-16)13-5-4-12(10-14(13)18)21-9-8-20-7-6-19-3;/h4*4-5,10,18H,6-9,11H2,1-3H3;1H4. The van der Waals surface area contributed by atoms with Crippen LogP contribution in [0.4, 0.5) is 0 Å². The van der Waals surface area contributed by atoms with Crippen molar-refractivity contribution in [2.75, 3.05) is 157 Å². The Morgan fingerprint density at radius 1 is 0.315 bits per heavy atom. The summed E-state index contributed by atoms with van der Waals surface area (Å²) in [6.07, 6.45) is 0. The van der Waals surface area contributed by atoms with Crippen LogP contribution in [-0.4, -0.2) is 220 Å². The van der Waals surface area contributed by atoms with Crippen molar-refractivity contribution in [1.82, 2.24) is 0 Å². The van der Waals surface area contributed by atoms with E-state index in [4.69, 9.17) is 56.8 Å². The fourth-order valence-electron chi connectivity index (χ4n) is 7.87. The van der Waals surface area contributed by atoms with Crippen LogP contribution in [0.5, 0.6) is 46.0 Å². The summed E-state index contributed by atoms with van der Waals surface area (Å²) in [5, 5.41) is 44.2. The van der Waals surface area contributed by atoms with Gasteiger partial charge in [0.15, 0.2) is 0 Å². The summed E-state index contributed by atoms with van der Waals surface area (Å²) >= 11 is 6.68. The number of methoxy groups -OCH3 is 4. The molecule has 4 aliphatic heterocycles. The Bertz CT molecular complexity index is 2510. The third-order valence-electron chi connectivity index (χ3n) is 12.4. The molecule has 0 saturated heterocycles. The van der Waals surface area contributed by atoms with Gasteiger partial charge in [0.05, 0.1) is 101 Å². The number of benzene rings is 4. The summed E-state index contributed by atoms with van der Waals surface area (Å²) in [7, 11) is 6.55. The van der Waals surface area contributed by atoms with E-state index in [0.29, 0.717) is 129 Å². The maximum absolute atomic E-state index is 10.2. The molecule has 4 N–H and O–H groups in total. The summed E-state index contributed by atoms with van der Waals surface area (Å²) in [4.78, 5) is 18.5. The van der Waals surface area contributed by atoms with Gasteiger partial charge in [-0.3, -0.25) is 20.0 Å². The maximum atomic E-state index is 10.2. The number of ether oxygens (including phenoxy) is 12. The van der Waals surface area contributed by atoms with Crippen LogP contribution in [-0.2, 0) is 37.9 Å². The van der Waals surface area contributed by atoms with Crippen LogP contribution >= 0.6 is 47.0 Å². The Morgan fingerprint density at radius 3 is 0.663 bits per heavy atom. The summed E-state index contributed by atoms with van der Waals surface area (Å²) in [6.45, 7) is 24.9. The third-order valence-corrected chi connectivity index (χ3v) is 18.1. The van der Waals surface area contributed by atoms with Gasteiger partial charge >= 0.3 is 0 Å². The van der Waals surface area contributed by atoms with Gasteiger partial charge in [-0.05, 0) is 104 Å². The summed E-state index contributed by atoms with van der Waals surface area (Å²) in [6, 6.07) is 21.3. The number of phenolic OH excluding ortho intramolecular Hbond substituents is 4. The average molecular weight is 1320 g/mol. The van der Waals surface area contributed by atoms with Crippen LogP contribution in [0.3, 0.4) is 0 Å². The normalized spacial score (nSPS) is 16.4. The van der Waals surface area contributed by atoms with Gasteiger partial charge < -0.3 is 77.3 Å². The highest BCUT2D eigenvalue weighted by atomic mass is 32.2. The molecule has 0 atom stereocenters. The van der Waals surface area contributed by atoms with Crippen LogP contribution in [0.15, 0.2) is 92.8 Å². The molecule has 0 aliphatic carbocycles. The predicted octanol–water partition coefficient (Wildman–Crippen LogP) is 11.5. The lowest BCUT2D eigenvalue weighted by atomic mass is 10.1. The molecule has 496 valence electrons. The molecule has 0 radical (unpaired) electrons. The van der Waals surface area contributed by atoms with Crippen molar-refractivity contribution in [2.45, 2.75) is 85.0 Å². The SMILES string of the molecule is C.COCCOCCOc1ccc(C2=NC(C)(C)CS2)c(O)c1.COCCOCCOc1ccc(C2=NC(C)(C)CS2)c(O)c1.COCCOCCOc1ccc(C2=NC(C)(C)CS2)c(O)c1.COCCOCCOc1ccc(C2=NC(C)(C)CS2)c(O)c1. The van der Waals surface area contributed by atoms with Crippen molar-refractivity contribution in [3.05, 3.63) is 95.1 Å². The molecule has 0 amide bonds. The highest BCUT2D eigenvalue weighted by molar-refractivity contribution is 8.15. The lowest BCUT2D eigenvalue weighted by molar-refractivity contribution is 0.0544. The van der Waals surface area contributed by atoms with Gasteiger partial charge in [0.25, 0.3) is 0 Å². The van der Waals surface area contributed by atoms with E-state index in [9.17, 15) is 20.4 Å². The summed E-state index contributed by atoms with van der Waals surface area (Å²) in [5.41, 5.74) is 2.78. The smallest absolute Gasteiger partial charge is 0.129 e. The van der Waals surface area contributed by atoms with Crippen LogP contribution in [0.1, 0.15) is 85.1 Å². The third kappa shape index (κ3) is 28.2. The van der Waals surface area contributed by atoms with Crippen molar-refractivity contribution in [2.24, 2.45) is 20.0 Å². The van der Waals surface area contributed by atoms with Gasteiger partial charge in [0, 0.05) is 98.0 Å². The highest BCUT2D eigenvalue weighted by Gasteiger charge is 2.31. The van der Waals surface area contributed by atoms with Gasteiger partial charge in [-0.2, -0.15) is 0 Å². The van der Waals surface area contributed by atoms with E-state index in [0.717, 1.165) is 65.4 Å². The molecule has 24 heteroatoms. The largest absolute Gasteiger partial charge is 0.507 e. The minimum Gasteiger partial charge on any atom is -0.507 e. The zero-order valence-corrected chi connectivity index (χ0v) is 56.4. The number of rotatable bonds is 32. The van der Waals surface area contributed by atoms with E-state index in [1.165, 1.54) is 0 Å². The topological polar surface area (TPSA) is 241 Å². The minimum atomic E-state index is -0.0683. The molecule has 8 rings (SSSR count). The Hall–Kier alpha value is -4.96. The second-order valence-electron chi connectivity index (χ2n) is 22.6. The zero-order valence-electron chi connectivity index (χ0n) is 53.2. The molecule has 0 aromatic heterocycles. The van der Waals surface area contributed by atoms with Crippen LogP contribution < -0.4 is 18.9 Å². The highest BCUT2D eigenvalue weighted by Crippen LogP contribution is 2.39. The molecular weight excluding hydrogens is 1220 g/mol. The van der Waals surface area contributed by atoms with E-state index in [1.54, 1.807) is 99.8 Å². The average Bonchev–Trinajstić information content (AvgIpc) is 2.03. The number of nitrogens with zero attached hydrogens (tertiary/aromatic N) is 4. The summed E-state index contributed by atoms with van der Waals surface area (Å²) in [5.74, 6) is 7.00. The fraction of sp³-hybridized carbons (Fsp3) is 0.569. The number of thioether (sulfide) groups is 4. The first-order valence-corrected chi connectivity index (χ1v) is 33.0. The number of aromatic hydroxyl groups is 4. The monoisotopic (exact) mass is 1320 g/mol. The van der Waals surface area contributed by atoms with Gasteiger partial charge in [0.2, 0.25) is 0 Å². The van der Waals surface area contributed by atoms with E-state index in [-0.39, 0.29) is 52.6 Å². The van der Waals surface area contributed by atoms with Crippen molar-refractivity contribution in [1.29, 1.82) is 0 Å². The maximum Gasteiger partial charge on any atom is 0.129 e. The van der Waals surface area contributed by atoms with E-state index >= 15 is 0 Å². The molecule has 0 spiro atoms. The van der Waals surface area contributed by atoms with Gasteiger partial charge in [-0.15, -0.1) is 47.0 Å². The van der Waals surface area contributed by atoms with E-state index < -0.39 is 0 Å². The second-order valence-corrected chi connectivity index (χ2v) is 26.5. The van der Waals surface area contributed by atoms with Crippen LogP contribution in [0, 0.1) is 0 Å². The Balaban J connectivity index is 0.000000253. The van der Waals surface area contributed by atoms with Crippen molar-refractivity contribution in [3.63, 3.8) is 0 Å².